The van der Waals surface area contributed by atoms with Crippen molar-refractivity contribution in [1.82, 2.24) is 10.3 Å². The van der Waals surface area contributed by atoms with E-state index in [0.29, 0.717) is 17.9 Å². The largest absolute Gasteiger partial charge is 0.487 e. The maximum Gasteiger partial charge on any atom is 0.248 e. The molecule has 1 aromatic carbocycles. The number of aromatic nitrogens is 1. The van der Waals surface area contributed by atoms with Gasteiger partial charge >= 0.3 is 0 Å². The highest BCUT2D eigenvalue weighted by Gasteiger charge is 2.25. The number of H-pyrrole nitrogens is 1. The molecule has 0 radical (unpaired) electrons. The number of hydrogen-bond donors (Lipinski definition) is 2. The van der Waals surface area contributed by atoms with E-state index in [1.807, 2.05) is 13.0 Å². The van der Waals surface area contributed by atoms with E-state index in [2.05, 4.69) is 10.3 Å². The van der Waals surface area contributed by atoms with Crippen LogP contribution >= 0.6 is 0 Å². The normalized spacial score (nSPS) is 15.5. The predicted octanol–water partition coefficient (Wildman–Crippen LogP) is 2.91. The van der Waals surface area contributed by atoms with E-state index in [1.165, 1.54) is 0 Å². The van der Waals surface area contributed by atoms with E-state index in [4.69, 9.17) is 4.74 Å². The minimum absolute atomic E-state index is 0.0466. The summed E-state index contributed by atoms with van der Waals surface area (Å²) >= 11 is 0. The number of benzene rings is 1. The van der Waals surface area contributed by atoms with Crippen LogP contribution in [-0.2, 0) is 6.54 Å². The summed E-state index contributed by atoms with van der Waals surface area (Å²) in [6.07, 6.45) is 3.79. The van der Waals surface area contributed by atoms with Crippen molar-refractivity contribution in [3.05, 3.63) is 63.8 Å². The summed E-state index contributed by atoms with van der Waals surface area (Å²) in [7, 11) is 0. The molecular formula is C17H19FN2O2. The molecule has 0 spiro atoms. The van der Waals surface area contributed by atoms with Gasteiger partial charge in [-0.15, -0.1) is 0 Å². The molecule has 0 bridgehead atoms. The molecule has 22 heavy (non-hydrogen) atoms. The van der Waals surface area contributed by atoms with Crippen molar-refractivity contribution in [1.29, 1.82) is 0 Å². The van der Waals surface area contributed by atoms with Gasteiger partial charge in [0, 0.05) is 30.4 Å². The first kappa shape index (κ1) is 14.8. The summed E-state index contributed by atoms with van der Waals surface area (Å²) in [5.41, 5.74) is 1.29. The van der Waals surface area contributed by atoms with Crippen LogP contribution in [0.15, 0.2) is 41.3 Å². The third kappa shape index (κ3) is 3.54. The maximum atomic E-state index is 14.4. The number of pyridine rings is 1. The Morgan fingerprint density at radius 2 is 2.23 bits per heavy atom. The Morgan fingerprint density at radius 3 is 2.95 bits per heavy atom. The lowest BCUT2D eigenvalue weighted by molar-refractivity contribution is 0.286. The Balaban J connectivity index is 1.66. The fourth-order valence-corrected chi connectivity index (χ4v) is 2.26. The highest BCUT2D eigenvalue weighted by Crippen LogP contribution is 2.29. The standard InChI is InChI=1S/C17H19FN2O2/c1-11(12-7-8-19-16(21)9-12)20-10-13-3-2-4-15(17(13)18)22-14-5-6-14/h2-4,7-9,11,14,20H,5-6,10H2,1H3,(H,19,21). The molecule has 1 aliphatic rings. The van der Waals surface area contributed by atoms with Crippen LogP contribution in [0.5, 0.6) is 5.75 Å². The van der Waals surface area contributed by atoms with Gasteiger partial charge in [0.2, 0.25) is 5.56 Å². The van der Waals surface area contributed by atoms with Crippen LogP contribution in [0.4, 0.5) is 4.39 Å². The smallest absolute Gasteiger partial charge is 0.248 e. The summed E-state index contributed by atoms with van der Waals surface area (Å²) in [5.74, 6) is 0.0191. The van der Waals surface area contributed by atoms with Crippen LogP contribution in [0.3, 0.4) is 0 Å². The minimum Gasteiger partial charge on any atom is -0.487 e. The van der Waals surface area contributed by atoms with Crippen molar-refractivity contribution >= 4 is 0 Å². The molecular weight excluding hydrogens is 283 g/mol. The maximum absolute atomic E-state index is 14.4. The van der Waals surface area contributed by atoms with Crippen molar-refractivity contribution in [3.63, 3.8) is 0 Å². The molecule has 0 aliphatic heterocycles. The molecule has 1 fully saturated rings. The first-order valence-corrected chi connectivity index (χ1v) is 7.49. The van der Waals surface area contributed by atoms with Gasteiger partial charge in [-0.1, -0.05) is 12.1 Å². The van der Waals surface area contributed by atoms with Gasteiger partial charge in [0.25, 0.3) is 0 Å². The fraction of sp³-hybridized carbons (Fsp3) is 0.353. The fourth-order valence-electron chi connectivity index (χ4n) is 2.26. The highest BCUT2D eigenvalue weighted by molar-refractivity contribution is 5.31. The van der Waals surface area contributed by atoms with Gasteiger partial charge in [0.15, 0.2) is 11.6 Å². The lowest BCUT2D eigenvalue weighted by Crippen LogP contribution is -2.20. The van der Waals surface area contributed by atoms with Crippen molar-refractivity contribution in [2.45, 2.75) is 38.5 Å². The molecule has 1 heterocycles. The Morgan fingerprint density at radius 1 is 1.41 bits per heavy atom. The molecule has 5 heteroatoms. The number of ether oxygens (including phenoxy) is 1. The van der Waals surface area contributed by atoms with Gasteiger partial charge in [0.05, 0.1) is 6.10 Å². The number of rotatable bonds is 6. The van der Waals surface area contributed by atoms with Crippen LogP contribution in [0, 0.1) is 5.82 Å². The van der Waals surface area contributed by atoms with Crippen molar-refractivity contribution in [3.8, 4) is 5.75 Å². The lowest BCUT2D eigenvalue weighted by atomic mass is 10.1. The van der Waals surface area contributed by atoms with E-state index in [9.17, 15) is 9.18 Å². The quantitative estimate of drug-likeness (QED) is 0.862. The van der Waals surface area contributed by atoms with E-state index in [-0.39, 0.29) is 23.5 Å². The third-order valence-electron chi connectivity index (χ3n) is 3.76. The Kier molecular flexibility index (Phi) is 4.24. The van der Waals surface area contributed by atoms with Crippen molar-refractivity contribution in [2.75, 3.05) is 0 Å². The highest BCUT2D eigenvalue weighted by atomic mass is 19.1. The molecule has 1 saturated carbocycles. The summed E-state index contributed by atoms with van der Waals surface area (Å²) in [4.78, 5) is 13.9. The first-order chi connectivity index (χ1) is 10.6. The number of hydrogen-bond acceptors (Lipinski definition) is 3. The monoisotopic (exact) mass is 302 g/mol. The molecule has 1 unspecified atom stereocenters. The van der Waals surface area contributed by atoms with Gasteiger partial charge < -0.3 is 15.0 Å². The van der Waals surface area contributed by atoms with Crippen LogP contribution in [-0.4, -0.2) is 11.1 Å². The second-order valence-electron chi connectivity index (χ2n) is 5.64. The van der Waals surface area contributed by atoms with Crippen molar-refractivity contribution in [2.24, 2.45) is 0 Å². The predicted molar refractivity (Wildman–Crippen MR) is 82.4 cm³/mol. The van der Waals surface area contributed by atoms with Crippen molar-refractivity contribution < 1.29 is 9.13 Å². The van der Waals surface area contributed by atoms with Crippen LogP contribution in [0.1, 0.15) is 36.9 Å². The van der Waals surface area contributed by atoms with E-state index in [1.54, 1.807) is 30.5 Å². The Hall–Kier alpha value is -2.14. The zero-order chi connectivity index (χ0) is 15.5. The van der Waals surface area contributed by atoms with Gasteiger partial charge in [-0.3, -0.25) is 4.79 Å². The number of aromatic amines is 1. The Bertz CT molecular complexity index is 710. The second-order valence-corrected chi connectivity index (χ2v) is 5.64. The number of halogens is 1. The van der Waals surface area contributed by atoms with Crippen LogP contribution in [0.25, 0.3) is 0 Å². The second kappa shape index (κ2) is 6.32. The van der Waals surface area contributed by atoms with E-state index < -0.39 is 0 Å². The molecule has 116 valence electrons. The van der Waals surface area contributed by atoms with Gasteiger partial charge in [-0.05, 0) is 37.5 Å². The topological polar surface area (TPSA) is 54.1 Å². The van der Waals surface area contributed by atoms with Gasteiger partial charge in [0.1, 0.15) is 0 Å². The molecule has 1 aliphatic carbocycles. The zero-order valence-corrected chi connectivity index (χ0v) is 12.4. The van der Waals surface area contributed by atoms with Crippen LogP contribution in [0.2, 0.25) is 0 Å². The molecule has 1 aromatic heterocycles. The zero-order valence-electron chi connectivity index (χ0n) is 12.4. The minimum atomic E-state index is -0.306. The average molecular weight is 302 g/mol. The molecule has 0 saturated heterocycles. The average Bonchev–Trinajstić information content (AvgIpc) is 3.32. The molecule has 2 aromatic rings. The summed E-state index contributed by atoms with van der Waals surface area (Å²) in [6.45, 7) is 2.32. The molecule has 3 rings (SSSR count). The third-order valence-corrected chi connectivity index (χ3v) is 3.76. The molecule has 0 amide bonds. The van der Waals surface area contributed by atoms with Gasteiger partial charge in [-0.2, -0.15) is 0 Å². The van der Waals surface area contributed by atoms with E-state index in [0.717, 1.165) is 18.4 Å². The Labute approximate surface area is 128 Å². The molecule has 1 atom stereocenters. The van der Waals surface area contributed by atoms with Crippen LogP contribution < -0.4 is 15.6 Å². The van der Waals surface area contributed by atoms with E-state index >= 15 is 0 Å². The summed E-state index contributed by atoms with van der Waals surface area (Å²) < 4.78 is 19.9. The molecule has 2 N–H and O–H groups in total. The SMILES string of the molecule is CC(NCc1cccc(OC2CC2)c1F)c1cc[nH]c(=O)c1. The first-order valence-electron chi connectivity index (χ1n) is 7.49. The number of nitrogens with one attached hydrogen (secondary N) is 2. The van der Waals surface area contributed by atoms with Gasteiger partial charge in [-0.25, -0.2) is 4.39 Å². The summed E-state index contributed by atoms with van der Waals surface area (Å²) in [6, 6.07) is 8.54. The molecule has 4 nitrogen and oxygen atoms in total. The summed E-state index contributed by atoms with van der Waals surface area (Å²) in [5, 5.41) is 3.23. The lowest BCUT2D eigenvalue weighted by Gasteiger charge is -2.15.